The smallest absolute Gasteiger partial charge is 0.411 e. The van der Waals surface area contributed by atoms with Gasteiger partial charge >= 0.3 is 18.2 Å². The molecule has 0 radical (unpaired) electrons. The van der Waals surface area contributed by atoms with Gasteiger partial charge in [0.1, 0.15) is 30.0 Å². The zero-order valence-electron chi connectivity index (χ0n) is 35.5. The number of nitrogens with zero attached hydrogens (tertiary/aromatic N) is 2. The Hall–Kier alpha value is -5.13. The Balaban J connectivity index is 1.52. The number of amides is 2. The molecule has 4 aromatic carbocycles. The van der Waals surface area contributed by atoms with Gasteiger partial charge in [-0.15, -0.1) is 0 Å². The fourth-order valence-electron chi connectivity index (χ4n) is 6.74. The Labute approximate surface area is 345 Å². The minimum Gasteiger partial charge on any atom is -0.497 e. The monoisotopic (exact) mass is 808 g/mol. The van der Waals surface area contributed by atoms with E-state index in [-0.39, 0.29) is 31.2 Å². The quantitative estimate of drug-likeness (QED) is 0.0705. The van der Waals surface area contributed by atoms with Gasteiger partial charge in [0.2, 0.25) is 0 Å². The molecule has 1 aliphatic heterocycles. The summed E-state index contributed by atoms with van der Waals surface area (Å²) in [4.78, 5) is 46.1. The first-order chi connectivity index (χ1) is 27.5. The van der Waals surface area contributed by atoms with E-state index >= 15 is 0 Å². The van der Waals surface area contributed by atoms with Crippen LogP contribution >= 0.6 is 0 Å². The van der Waals surface area contributed by atoms with Crippen LogP contribution in [-0.2, 0) is 36.6 Å². The number of benzene rings is 4. The summed E-state index contributed by atoms with van der Waals surface area (Å²) in [6.07, 6.45) is -1.91. The molecule has 1 saturated heterocycles. The molecule has 5 rings (SSSR count). The van der Waals surface area contributed by atoms with Crippen LogP contribution in [0.2, 0.25) is 18.1 Å². The van der Waals surface area contributed by atoms with Crippen molar-refractivity contribution in [3.8, 4) is 5.75 Å². The highest BCUT2D eigenvalue weighted by Gasteiger charge is 2.49. The number of ether oxygens (including phenoxy) is 4. The van der Waals surface area contributed by atoms with Gasteiger partial charge in [0.15, 0.2) is 14.4 Å². The van der Waals surface area contributed by atoms with Crippen molar-refractivity contribution >= 4 is 26.5 Å². The first-order valence-corrected chi connectivity index (χ1v) is 22.9. The normalized spacial score (nSPS) is 17.8. The first kappa shape index (κ1) is 44.0. The van der Waals surface area contributed by atoms with Crippen LogP contribution in [0.1, 0.15) is 88.8 Å². The summed E-state index contributed by atoms with van der Waals surface area (Å²) in [5.74, 6) is 0.173. The van der Waals surface area contributed by atoms with Crippen molar-refractivity contribution in [1.29, 1.82) is 0 Å². The van der Waals surface area contributed by atoms with Crippen molar-refractivity contribution in [3.63, 3.8) is 0 Å². The second-order valence-electron chi connectivity index (χ2n) is 17.4. The van der Waals surface area contributed by atoms with Gasteiger partial charge < -0.3 is 28.3 Å². The molecule has 58 heavy (non-hydrogen) atoms. The van der Waals surface area contributed by atoms with Gasteiger partial charge in [-0.05, 0) is 86.1 Å². The number of carbonyl (C=O) groups is 3. The first-order valence-electron chi connectivity index (χ1n) is 20.0. The predicted octanol–water partition coefficient (Wildman–Crippen LogP) is 10.6. The van der Waals surface area contributed by atoms with E-state index in [4.69, 9.17) is 23.4 Å². The Bertz CT molecular complexity index is 1930. The van der Waals surface area contributed by atoms with E-state index in [1.807, 2.05) is 136 Å². The van der Waals surface area contributed by atoms with Crippen molar-refractivity contribution in [2.75, 3.05) is 13.7 Å². The molecule has 1 heterocycles. The van der Waals surface area contributed by atoms with Gasteiger partial charge in [0, 0.05) is 13.1 Å². The number of cyclic esters (lactones) is 1. The lowest BCUT2D eigenvalue weighted by Gasteiger charge is -2.45. The summed E-state index contributed by atoms with van der Waals surface area (Å²) < 4.78 is 30.8. The minimum atomic E-state index is -2.45. The second kappa shape index (κ2) is 19.1. The summed E-state index contributed by atoms with van der Waals surface area (Å²) in [6, 6.07) is 34.4. The van der Waals surface area contributed by atoms with Crippen molar-refractivity contribution in [2.45, 2.75) is 116 Å². The van der Waals surface area contributed by atoms with Crippen molar-refractivity contribution in [2.24, 2.45) is 0 Å². The number of carbonyl (C=O) groups excluding carboxylic acids is 3. The van der Waals surface area contributed by atoms with Crippen LogP contribution < -0.4 is 4.74 Å². The van der Waals surface area contributed by atoms with E-state index in [0.717, 1.165) is 22.3 Å². The molecule has 4 atom stereocenters. The van der Waals surface area contributed by atoms with Gasteiger partial charge in [-0.3, -0.25) is 4.90 Å². The maximum absolute atomic E-state index is 14.5. The van der Waals surface area contributed by atoms with Gasteiger partial charge in [0.05, 0.1) is 13.2 Å². The third-order valence-corrected chi connectivity index (χ3v) is 15.3. The lowest BCUT2D eigenvalue weighted by atomic mass is 9.90. The van der Waals surface area contributed by atoms with Crippen molar-refractivity contribution in [3.05, 3.63) is 138 Å². The highest BCUT2D eigenvalue weighted by atomic mass is 28.4. The lowest BCUT2D eigenvalue weighted by molar-refractivity contribution is -0.174. The Morgan fingerprint density at radius 2 is 1.36 bits per heavy atom. The van der Waals surface area contributed by atoms with E-state index in [2.05, 4.69) is 33.9 Å². The molecule has 10 nitrogen and oxygen atoms in total. The molecular weight excluding hydrogens is 749 g/mol. The summed E-state index contributed by atoms with van der Waals surface area (Å²) in [5.41, 5.74) is 2.53. The van der Waals surface area contributed by atoms with Crippen LogP contribution in [0, 0.1) is 0 Å². The second-order valence-corrected chi connectivity index (χ2v) is 22.1. The number of methoxy groups -OCH3 is 1. The number of rotatable bonds is 14. The molecule has 11 heteroatoms. The molecule has 0 spiro atoms. The molecule has 0 N–H and O–H groups in total. The standard InChI is InChI=1S/C47H60N2O8Si/c1-46(2,3)56-44(51)48(31-34-25-27-38(53-7)28-26-34)32-39(57-58(8,9)47(4,5)6)29-30-40-43(50)55-42(37-23-17-12-18-24-37)41(36-21-15-11-16-22-36)49(40)45(52)54-33-35-19-13-10-14-20-35/h10-28,39-42H,29-33H2,1-9H3/t39-,40+,41+,42-/m1/s1. The number of morpholine rings is 1. The van der Waals surface area contributed by atoms with Crippen LogP contribution in [0.15, 0.2) is 115 Å². The molecule has 0 unspecified atom stereocenters. The number of hydrogen-bond acceptors (Lipinski definition) is 8. The molecule has 0 saturated carbocycles. The maximum atomic E-state index is 14.5. The molecule has 2 amide bonds. The van der Waals surface area contributed by atoms with E-state index in [0.29, 0.717) is 12.2 Å². The summed E-state index contributed by atoms with van der Waals surface area (Å²) in [7, 11) is -0.840. The fraction of sp³-hybridized carbons (Fsp3) is 0.426. The Kier molecular flexibility index (Phi) is 14.5. The van der Waals surface area contributed by atoms with Crippen LogP contribution in [0.25, 0.3) is 0 Å². The van der Waals surface area contributed by atoms with Crippen LogP contribution in [0.3, 0.4) is 0 Å². The molecule has 310 valence electrons. The van der Waals surface area contributed by atoms with Crippen LogP contribution in [0.5, 0.6) is 5.75 Å². The average molecular weight is 809 g/mol. The van der Waals surface area contributed by atoms with Crippen LogP contribution in [-0.4, -0.2) is 67.7 Å². The van der Waals surface area contributed by atoms with E-state index in [9.17, 15) is 14.4 Å². The number of esters is 1. The topological polar surface area (TPSA) is 104 Å². The molecule has 0 aliphatic carbocycles. The fourth-order valence-corrected chi connectivity index (χ4v) is 8.12. The van der Waals surface area contributed by atoms with Gasteiger partial charge in [-0.25, -0.2) is 14.4 Å². The summed E-state index contributed by atoms with van der Waals surface area (Å²) in [5, 5.41) is -0.156. The summed E-state index contributed by atoms with van der Waals surface area (Å²) in [6.45, 7) is 16.8. The Morgan fingerprint density at radius 3 is 1.91 bits per heavy atom. The number of hydrogen-bond donors (Lipinski definition) is 0. The highest BCUT2D eigenvalue weighted by molar-refractivity contribution is 6.74. The highest BCUT2D eigenvalue weighted by Crippen LogP contribution is 2.44. The van der Waals surface area contributed by atoms with Crippen molar-refractivity contribution in [1.82, 2.24) is 9.80 Å². The molecule has 1 aliphatic rings. The van der Waals surface area contributed by atoms with Crippen molar-refractivity contribution < 1.29 is 37.8 Å². The SMILES string of the molecule is COc1ccc(CN(C[C@@H](CC[C@H]2C(=O)O[C@H](c3ccccc3)[C@H](c3ccccc3)N2C(=O)OCc2ccccc2)O[Si](C)(C)C(C)(C)C)C(=O)OC(C)(C)C)cc1. The largest absolute Gasteiger partial charge is 0.497 e. The average Bonchev–Trinajstić information content (AvgIpc) is 3.18. The zero-order chi connectivity index (χ0) is 42.1. The van der Waals surface area contributed by atoms with Gasteiger partial charge in [-0.2, -0.15) is 0 Å². The minimum absolute atomic E-state index is 0.0305. The predicted molar refractivity (Wildman–Crippen MR) is 228 cm³/mol. The molecule has 1 fully saturated rings. The van der Waals surface area contributed by atoms with E-state index in [1.54, 1.807) is 16.9 Å². The van der Waals surface area contributed by atoms with E-state index in [1.165, 1.54) is 0 Å². The third-order valence-electron chi connectivity index (χ3n) is 10.8. The van der Waals surface area contributed by atoms with Crippen LogP contribution in [0.4, 0.5) is 9.59 Å². The molecule has 4 aromatic rings. The molecule has 0 aromatic heterocycles. The third kappa shape index (κ3) is 11.7. The lowest BCUT2D eigenvalue weighted by Crippen LogP contribution is -2.55. The zero-order valence-corrected chi connectivity index (χ0v) is 36.5. The van der Waals surface area contributed by atoms with E-state index < -0.39 is 56.4 Å². The summed E-state index contributed by atoms with van der Waals surface area (Å²) >= 11 is 0. The maximum Gasteiger partial charge on any atom is 0.411 e. The van der Waals surface area contributed by atoms with Gasteiger partial charge in [0.25, 0.3) is 0 Å². The Morgan fingerprint density at radius 1 is 0.793 bits per heavy atom. The van der Waals surface area contributed by atoms with Gasteiger partial charge in [-0.1, -0.05) is 124 Å². The molecular formula is C47H60N2O8Si. The molecule has 0 bridgehead atoms.